The molecule has 0 atom stereocenters. The van der Waals surface area contributed by atoms with E-state index in [1.165, 1.54) is 7.11 Å². The Bertz CT molecular complexity index is 744. The van der Waals surface area contributed by atoms with Crippen LogP contribution in [0.25, 0.3) is 0 Å². The quantitative estimate of drug-likeness (QED) is 0.755. The van der Waals surface area contributed by atoms with Gasteiger partial charge in [-0.2, -0.15) is 0 Å². The summed E-state index contributed by atoms with van der Waals surface area (Å²) in [6.07, 6.45) is 0.00288. The number of carbonyl (C=O) groups is 2. The molecule has 132 valence electrons. The summed E-state index contributed by atoms with van der Waals surface area (Å²) in [7, 11) is 1.32. The largest absolute Gasteiger partial charge is 0.489 e. The Kier molecular flexibility index (Phi) is 6.39. The molecule has 0 aliphatic rings. The van der Waals surface area contributed by atoms with Crippen molar-refractivity contribution in [2.45, 2.75) is 20.0 Å². The van der Waals surface area contributed by atoms with Gasteiger partial charge in [0, 0.05) is 5.69 Å². The second kappa shape index (κ2) is 8.73. The lowest BCUT2D eigenvalue weighted by molar-refractivity contribution is -0.114. The first-order valence-electron chi connectivity index (χ1n) is 7.98. The normalized spacial score (nSPS) is 10.2. The highest BCUT2D eigenvalue weighted by atomic mass is 16.5. The Morgan fingerprint density at radius 1 is 1.00 bits per heavy atom. The van der Waals surface area contributed by atoms with E-state index in [0.717, 1.165) is 0 Å². The van der Waals surface area contributed by atoms with E-state index in [1.807, 2.05) is 26.0 Å². The maximum absolute atomic E-state index is 12.2. The average molecular weight is 342 g/mol. The number of rotatable bonds is 7. The van der Waals surface area contributed by atoms with Crippen LogP contribution in [0.3, 0.4) is 0 Å². The molecule has 25 heavy (non-hydrogen) atoms. The van der Waals surface area contributed by atoms with Gasteiger partial charge in [-0.25, -0.2) is 4.79 Å². The lowest BCUT2D eigenvalue weighted by Crippen LogP contribution is -2.23. The van der Waals surface area contributed by atoms with E-state index in [-0.39, 0.29) is 18.6 Å². The van der Waals surface area contributed by atoms with Crippen molar-refractivity contribution in [3.8, 4) is 5.75 Å². The summed E-state index contributed by atoms with van der Waals surface area (Å²) < 4.78 is 10.4. The maximum Gasteiger partial charge on any atom is 0.339 e. The van der Waals surface area contributed by atoms with Crippen molar-refractivity contribution in [1.29, 1.82) is 0 Å². The Hall–Kier alpha value is -3.02. The molecule has 2 rings (SSSR count). The zero-order valence-electron chi connectivity index (χ0n) is 14.5. The van der Waals surface area contributed by atoms with E-state index < -0.39 is 5.97 Å². The molecule has 0 fully saturated rings. The minimum Gasteiger partial charge on any atom is -0.489 e. The molecule has 0 radical (unpaired) electrons. The molecule has 0 unspecified atom stereocenters. The summed E-state index contributed by atoms with van der Waals surface area (Å²) in [5.74, 6) is -0.0977. The summed E-state index contributed by atoms with van der Waals surface area (Å²) >= 11 is 0. The van der Waals surface area contributed by atoms with Gasteiger partial charge in [-0.05, 0) is 38.1 Å². The maximum atomic E-state index is 12.2. The molecule has 0 spiro atoms. The van der Waals surface area contributed by atoms with Gasteiger partial charge in [0.1, 0.15) is 5.75 Å². The molecule has 6 nitrogen and oxygen atoms in total. The molecule has 2 aromatic rings. The number of para-hydroxylation sites is 3. The number of nitrogens with one attached hydrogen (secondary N) is 2. The predicted octanol–water partition coefficient (Wildman–Crippen LogP) is 3.31. The summed E-state index contributed by atoms with van der Waals surface area (Å²) in [5, 5.41) is 5.76. The number of hydrogen-bond donors (Lipinski definition) is 2. The number of anilines is 2. The van der Waals surface area contributed by atoms with Gasteiger partial charge in [-0.1, -0.05) is 24.3 Å². The Labute approximate surface area is 147 Å². The van der Waals surface area contributed by atoms with Crippen LogP contribution in [0.4, 0.5) is 11.4 Å². The van der Waals surface area contributed by atoms with E-state index in [0.29, 0.717) is 22.7 Å². The van der Waals surface area contributed by atoms with Gasteiger partial charge >= 0.3 is 5.97 Å². The number of esters is 1. The van der Waals surface area contributed by atoms with Crippen molar-refractivity contribution in [1.82, 2.24) is 0 Å². The minimum absolute atomic E-state index is 0.00288. The lowest BCUT2D eigenvalue weighted by Gasteiger charge is -2.15. The van der Waals surface area contributed by atoms with E-state index in [4.69, 9.17) is 9.47 Å². The fourth-order valence-corrected chi connectivity index (χ4v) is 2.22. The first-order chi connectivity index (χ1) is 12.0. The van der Waals surface area contributed by atoms with Gasteiger partial charge in [0.2, 0.25) is 5.91 Å². The van der Waals surface area contributed by atoms with Crippen LogP contribution in [0.1, 0.15) is 24.2 Å². The number of amides is 1. The molecular formula is C19H22N2O4. The third-order valence-corrected chi connectivity index (χ3v) is 3.30. The molecule has 0 saturated heterocycles. The minimum atomic E-state index is -0.459. The topological polar surface area (TPSA) is 76.7 Å². The van der Waals surface area contributed by atoms with Crippen LogP contribution >= 0.6 is 0 Å². The van der Waals surface area contributed by atoms with Crippen LogP contribution in [0.5, 0.6) is 5.75 Å². The van der Waals surface area contributed by atoms with Crippen molar-refractivity contribution in [3.05, 3.63) is 54.1 Å². The van der Waals surface area contributed by atoms with Gasteiger partial charge in [-0.3, -0.25) is 4.79 Å². The highest BCUT2D eigenvalue weighted by molar-refractivity contribution is 5.98. The molecule has 2 N–H and O–H groups in total. The van der Waals surface area contributed by atoms with Crippen LogP contribution in [0.2, 0.25) is 0 Å². The van der Waals surface area contributed by atoms with Crippen LogP contribution < -0.4 is 15.4 Å². The van der Waals surface area contributed by atoms with Crippen molar-refractivity contribution in [3.63, 3.8) is 0 Å². The summed E-state index contributed by atoms with van der Waals surface area (Å²) in [4.78, 5) is 24.0. The molecule has 0 aromatic heterocycles. The molecular weight excluding hydrogens is 320 g/mol. The number of methoxy groups -OCH3 is 1. The van der Waals surface area contributed by atoms with Crippen molar-refractivity contribution >= 4 is 23.3 Å². The molecule has 0 bridgehead atoms. The fourth-order valence-electron chi connectivity index (χ4n) is 2.22. The summed E-state index contributed by atoms with van der Waals surface area (Å²) in [6, 6.07) is 14.1. The zero-order valence-corrected chi connectivity index (χ0v) is 14.5. The van der Waals surface area contributed by atoms with Crippen LogP contribution in [0.15, 0.2) is 48.5 Å². The van der Waals surface area contributed by atoms with Crippen LogP contribution in [0, 0.1) is 0 Å². The average Bonchev–Trinajstić information content (AvgIpc) is 2.61. The first kappa shape index (κ1) is 18.3. The van der Waals surface area contributed by atoms with Crippen molar-refractivity contribution in [2.75, 3.05) is 24.3 Å². The molecule has 0 aliphatic carbocycles. The van der Waals surface area contributed by atoms with Gasteiger partial charge in [0.05, 0.1) is 31.0 Å². The monoisotopic (exact) mass is 342 g/mol. The Morgan fingerprint density at radius 2 is 1.64 bits per heavy atom. The molecule has 1 amide bonds. The highest BCUT2D eigenvalue weighted by Crippen LogP contribution is 2.24. The number of hydrogen-bond acceptors (Lipinski definition) is 5. The molecule has 0 saturated carbocycles. The van der Waals surface area contributed by atoms with E-state index >= 15 is 0 Å². The number of benzene rings is 2. The molecule has 0 heterocycles. The lowest BCUT2D eigenvalue weighted by atomic mass is 10.2. The van der Waals surface area contributed by atoms with Crippen molar-refractivity contribution < 1.29 is 19.1 Å². The van der Waals surface area contributed by atoms with Crippen LogP contribution in [-0.2, 0) is 9.53 Å². The van der Waals surface area contributed by atoms with Gasteiger partial charge in [0.15, 0.2) is 0 Å². The fraction of sp³-hybridized carbons (Fsp3) is 0.263. The second-order valence-corrected chi connectivity index (χ2v) is 5.60. The zero-order chi connectivity index (χ0) is 18.2. The number of ether oxygens (including phenoxy) is 2. The van der Waals surface area contributed by atoms with Crippen LogP contribution in [-0.4, -0.2) is 31.6 Å². The third-order valence-electron chi connectivity index (χ3n) is 3.30. The second-order valence-electron chi connectivity index (χ2n) is 5.60. The van der Waals surface area contributed by atoms with Gasteiger partial charge in [-0.15, -0.1) is 0 Å². The van der Waals surface area contributed by atoms with E-state index in [9.17, 15) is 9.59 Å². The molecule has 6 heteroatoms. The standard InChI is InChI=1S/C19H22N2O4/c1-13(2)25-17-11-7-6-10-16(17)21-18(22)12-20-15-9-5-4-8-14(15)19(23)24-3/h4-11,13,20H,12H2,1-3H3,(H,21,22). The number of carbonyl (C=O) groups excluding carboxylic acids is 2. The van der Waals surface area contributed by atoms with Gasteiger partial charge in [0.25, 0.3) is 0 Å². The SMILES string of the molecule is COC(=O)c1ccccc1NCC(=O)Nc1ccccc1OC(C)C. The molecule has 2 aromatic carbocycles. The van der Waals surface area contributed by atoms with Gasteiger partial charge < -0.3 is 20.1 Å². The first-order valence-corrected chi connectivity index (χ1v) is 7.98. The Morgan fingerprint density at radius 3 is 2.32 bits per heavy atom. The Balaban J connectivity index is 2.02. The third kappa shape index (κ3) is 5.24. The van der Waals surface area contributed by atoms with E-state index in [2.05, 4.69) is 10.6 Å². The van der Waals surface area contributed by atoms with E-state index in [1.54, 1.807) is 36.4 Å². The molecule has 0 aliphatic heterocycles. The summed E-state index contributed by atoms with van der Waals surface area (Å²) in [5.41, 5.74) is 1.52. The highest BCUT2D eigenvalue weighted by Gasteiger charge is 2.13. The van der Waals surface area contributed by atoms with Crippen molar-refractivity contribution in [2.24, 2.45) is 0 Å². The smallest absolute Gasteiger partial charge is 0.339 e. The predicted molar refractivity (Wildman–Crippen MR) is 97.1 cm³/mol. The summed E-state index contributed by atoms with van der Waals surface area (Å²) in [6.45, 7) is 3.85.